The quantitative estimate of drug-likeness (QED) is 0.725. The van der Waals surface area contributed by atoms with Crippen molar-refractivity contribution in [2.24, 2.45) is 5.92 Å². The minimum atomic E-state index is 0.280. The van der Waals surface area contributed by atoms with Crippen molar-refractivity contribution in [3.8, 4) is 0 Å². The molecule has 1 atom stereocenters. The molecule has 1 rings (SSSR count). The topological polar surface area (TPSA) is 23.5 Å². The molecule has 0 saturated heterocycles. The number of nitrogens with zero attached hydrogens (tertiary/aromatic N) is 1. The summed E-state index contributed by atoms with van der Waals surface area (Å²) in [5.41, 5.74) is 0. The van der Waals surface area contributed by atoms with Gasteiger partial charge in [-0.05, 0) is 45.6 Å². The summed E-state index contributed by atoms with van der Waals surface area (Å²) < 4.78 is 0. The number of hydrogen-bond acceptors (Lipinski definition) is 2. The maximum Gasteiger partial charge on any atom is 0.0584 e. The van der Waals surface area contributed by atoms with Gasteiger partial charge in [0.25, 0.3) is 0 Å². The minimum Gasteiger partial charge on any atom is -0.395 e. The van der Waals surface area contributed by atoms with Gasteiger partial charge in [-0.3, -0.25) is 4.90 Å². The second-order valence-corrected chi connectivity index (χ2v) is 4.61. The van der Waals surface area contributed by atoms with E-state index >= 15 is 0 Å². The summed E-state index contributed by atoms with van der Waals surface area (Å²) in [6.45, 7) is 4.71. The van der Waals surface area contributed by atoms with Gasteiger partial charge in [-0.1, -0.05) is 6.92 Å². The number of likely N-dealkylation sites (N-methyl/N-ethyl adjacent to an activating group) is 1. The van der Waals surface area contributed by atoms with Crippen LogP contribution in [0.15, 0.2) is 0 Å². The van der Waals surface area contributed by atoms with E-state index in [1.807, 2.05) is 0 Å². The van der Waals surface area contributed by atoms with Gasteiger partial charge in [0.1, 0.15) is 0 Å². The van der Waals surface area contributed by atoms with E-state index in [4.69, 9.17) is 5.11 Å². The molecule has 1 N–H and O–H groups in total. The molecule has 0 aliphatic heterocycles. The monoisotopic (exact) mass is 185 g/mol. The van der Waals surface area contributed by atoms with E-state index in [2.05, 4.69) is 25.8 Å². The predicted octanol–water partition coefficient (Wildman–Crippen LogP) is 1.88. The Morgan fingerprint density at radius 3 is 2.31 bits per heavy atom. The van der Waals surface area contributed by atoms with Crippen molar-refractivity contribution in [3.05, 3.63) is 0 Å². The second-order valence-electron chi connectivity index (χ2n) is 4.61. The van der Waals surface area contributed by atoms with Crippen molar-refractivity contribution >= 4 is 0 Å². The van der Waals surface area contributed by atoms with Crippen LogP contribution in [0.5, 0.6) is 0 Å². The molecule has 1 fully saturated rings. The molecule has 0 heterocycles. The van der Waals surface area contributed by atoms with Gasteiger partial charge >= 0.3 is 0 Å². The zero-order valence-electron chi connectivity index (χ0n) is 9.16. The normalized spacial score (nSPS) is 32.1. The van der Waals surface area contributed by atoms with Crippen LogP contribution in [-0.2, 0) is 0 Å². The van der Waals surface area contributed by atoms with Crippen molar-refractivity contribution in [1.82, 2.24) is 4.90 Å². The fourth-order valence-electron chi connectivity index (χ4n) is 2.14. The van der Waals surface area contributed by atoms with Crippen LogP contribution in [0.4, 0.5) is 0 Å². The van der Waals surface area contributed by atoms with Crippen molar-refractivity contribution in [2.45, 2.75) is 51.6 Å². The van der Waals surface area contributed by atoms with Gasteiger partial charge in [0.05, 0.1) is 6.61 Å². The minimum absolute atomic E-state index is 0.280. The summed E-state index contributed by atoms with van der Waals surface area (Å²) in [5, 5.41) is 9.05. The fraction of sp³-hybridized carbons (Fsp3) is 1.00. The van der Waals surface area contributed by atoms with Gasteiger partial charge in [0.15, 0.2) is 0 Å². The Bertz CT molecular complexity index is 141. The molecule has 0 spiro atoms. The molecule has 1 saturated carbocycles. The molecule has 1 unspecified atom stereocenters. The molecule has 0 bridgehead atoms. The molecule has 0 aromatic rings. The maximum absolute atomic E-state index is 9.05. The SMILES string of the molecule is CC1CCC(N(C)C(C)CO)CC1. The first-order valence-electron chi connectivity index (χ1n) is 5.48. The molecule has 0 amide bonds. The highest BCUT2D eigenvalue weighted by Gasteiger charge is 2.23. The lowest BCUT2D eigenvalue weighted by atomic mass is 9.86. The van der Waals surface area contributed by atoms with Crippen molar-refractivity contribution in [2.75, 3.05) is 13.7 Å². The summed E-state index contributed by atoms with van der Waals surface area (Å²) in [6, 6.07) is 1.02. The molecule has 78 valence electrons. The fourth-order valence-corrected chi connectivity index (χ4v) is 2.14. The summed E-state index contributed by atoms with van der Waals surface area (Å²) in [6.07, 6.45) is 5.32. The molecular weight excluding hydrogens is 162 g/mol. The summed E-state index contributed by atoms with van der Waals surface area (Å²) in [7, 11) is 2.14. The van der Waals surface area contributed by atoms with Crippen molar-refractivity contribution in [1.29, 1.82) is 0 Å². The van der Waals surface area contributed by atoms with E-state index in [9.17, 15) is 0 Å². The van der Waals surface area contributed by atoms with Crippen LogP contribution in [0.2, 0.25) is 0 Å². The van der Waals surface area contributed by atoms with Crippen LogP contribution in [0.25, 0.3) is 0 Å². The molecule has 2 nitrogen and oxygen atoms in total. The van der Waals surface area contributed by atoms with Gasteiger partial charge in [0.2, 0.25) is 0 Å². The van der Waals surface area contributed by atoms with E-state index in [0.717, 1.165) is 5.92 Å². The Balaban J connectivity index is 2.35. The number of hydrogen-bond donors (Lipinski definition) is 1. The lowest BCUT2D eigenvalue weighted by Gasteiger charge is -2.36. The van der Waals surface area contributed by atoms with Crippen LogP contribution in [0.1, 0.15) is 39.5 Å². The third kappa shape index (κ3) is 2.96. The van der Waals surface area contributed by atoms with E-state index in [1.165, 1.54) is 25.7 Å². The Morgan fingerprint density at radius 2 is 1.85 bits per heavy atom. The number of rotatable bonds is 3. The first kappa shape index (κ1) is 11.0. The third-order valence-corrected chi connectivity index (χ3v) is 3.52. The lowest BCUT2D eigenvalue weighted by molar-refractivity contribution is 0.0911. The number of aliphatic hydroxyl groups excluding tert-OH is 1. The van der Waals surface area contributed by atoms with E-state index in [0.29, 0.717) is 12.1 Å². The first-order valence-corrected chi connectivity index (χ1v) is 5.48. The second kappa shape index (κ2) is 4.97. The van der Waals surface area contributed by atoms with Crippen LogP contribution in [0.3, 0.4) is 0 Å². The molecule has 0 radical (unpaired) electrons. The highest BCUT2D eigenvalue weighted by Crippen LogP contribution is 2.27. The summed E-state index contributed by atoms with van der Waals surface area (Å²) >= 11 is 0. The van der Waals surface area contributed by atoms with Gasteiger partial charge < -0.3 is 5.11 Å². The standard InChI is InChI=1S/C11H23NO/c1-9-4-6-11(7-5-9)12(3)10(2)8-13/h9-11,13H,4-8H2,1-3H3. The Hall–Kier alpha value is -0.0800. The smallest absolute Gasteiger partial charge is 0.0584 e. The van der Waals surface area contributed by atoms with Gasteiger partial charge in [-0.25, -0.2) is 0 Å². The zero-order valence-corrected chi connectivity index (χ0v) is 9.16. The van der Waals surface area contributed by atoms with Crippen LogP contribution in [-0.4, -0.2) is 35.7 Å². The molecule has 0 aromatic heterocycles. The van der Waals surface area contributed by atoms with Crippen LogP contribution in [0, 0.1) is 5.92 Å². The Morgan fingerprint density at radius 1 is 1.31 bits per heavy atom. The van der Waals surface area contributed by atoms with Crippen molar-refractivity contribution in [3.63, 3.8) is 0 Å². The van der Waals surface area contributed by atoms with Gasteiger partial charge in [-0.2, -0.15) is 0 Å². The molecule has 13 heavy (non-hydrogen) atoms. The summed E-state index contributed by atoms with van der Waals surface area (Å²) in [4.78, 5) is 2.34. The molecular formula is C11H23NO. The van der Waals surface area contributed by atoms with E-state index in [1.54, 1.807) is 0 Å². The van der Waals surface area contributed by atoms with Gasteiger partial charge in [0, 0.05) is 12.1 Å². The maximum atomic E-state index is 9.05. The molecule has 1 aliphatic carbocycles. The largest absolute Gasteiger partial charge is 0.395 e. The average molecular weight is 185 g/mol. The first-order chi connectivity index (χ1) is 6.15. The summed E-state index contributed by atoms with van der Waals surface area (Å²) in [5.74, 6) is 0.911. The lowest BCUT2D eigenvalue weighted by Crippen LogP contribution is -2.42. The van der Waals surface area contributed by atoms with Crippen LogP contribution < -0.4 is 0 Å². The van der Waals surface area contributed by atoms with E-state index < -0.39 is 0 Å². The van der Waals surface area contributed by atoms with Crippen molar-refractivity contribution < 1.29 is 5.11 Å². The highest BCUT2D eigenvalue weighted by atomic mass is 16.3. The van der Waals surface area contributed by atoms with E-state index in [-0.39, 0.29) is 6.61 Å². The van der Waals surface area contributed by atoms with Crippen LogP contribution >= 0.6 is 0 Å². The number of aliphatic hydroxyl groups is 1. The highest BCUT2D eigenvalue weighted by molar-refractivity contribution is 4.78. The zero-order chi connectivity index (χ0) is 9.84. The Labute approximate surface area is 81.9 Å². The molecule has 1 aliphatic rings. The molecule has 0 aromatic carbocycles. The average Bonchev–Trinajstić information content (AvgIpc) is 2.17. The third-order valence-electron chi connectivity index (χ3n) is 3.52. The predicted molar refractivity (Wildman–Crippen MR) is 55.7 cm³/mol. The Kier molecular flexibility index (Phi) is 4.20. The van der Waals surface area contributed by atoms with Gasteiger partial charge in [-0.15, -0.1) is 0 Å². The molecule has 2 heteroatoms.